The zero-order chi connectivity index (χ0) is 19.1. The van der Waals surface area contributed by atoms with Gasteiger partial charge < -0.3 is 9.42 Å². The number of fused-ring (bicyclic) bond motifs is 1. The molecule has 0 bridgehead atoms. The molecule has 7 heteroatoms. The van der Waals surface area contributed by atoms with Crippen molar-refractivity contribution in [3.05, 3.63) is 57.3 Å². The first-order valence-electron chi connectivity index (χ1n) is 9.16. The number of carbonyl (C=O) groups excluding carboxylic acids is 1. The Hall–Kier alpha value is -2.96. The van der Waals surface area contributed by atoms with Gasteiger partial charge in [0.25, 0.3) is 5.56 Å². The monoisotopic (exact) mass is 366 g/mol. The van der Waals surface area contributed by atoms with Crippen LogP contribution in [-0.2, 0) is 11.3 Å². The van der Waals surface area contributed by atoms with Gasteiger partial charge in [0, 0.05) is 12.1 Å². The fourth-order valence-corrected chi connectivity index (χ4v) is 4.03. The third-order valence-electron chi connectivity index (χ3n) is 5.30. The van der Waals surface area contributed by atoms with Gasteiger partial charge in [-0.2, -0.15) is 0 Å². The number of benzene rings is 1. The van der Waals surface area contributed by atoms with Crippen molar-refractivity contribution in [1.29, 1.82) is 0 Å². The number of nitrogens with zero attached hydrogens (tertiary/aromatic N) is 4. The summed E-state index contributed by atoms with van der Waals surface area (Å²) >= 11 is 0. The number of rotatable bonds is 3. The van der Waals surface area contributed by atoms with Crippen molar-refractivity contribution in [2.75, 3.05) is 6.54 Å². The Labute approximate surface area is 156 Å². The van der Waals surface area contributed by atoms with Gasteiger partial charge in [-0.1, -0.05) is 17.3 Å². The van der Waals surface area contributed by atoms with Gasteiger partial charge in [-0.3, -0.25) is 14.2 Å². The lowest BCUT2D eigenvalue weighted by molar-refractivity contribution is -0.132. The second kappa shape index (κ2) is 6.64. The highest BCUT2D eigenvalue weighted by atomic mass is 16.5. The van der Waals surface area contributed by atoms with E-state index in [0.717, 1.165) is 29.9 Å². The molecular formula is C20H22N4O3. The zero-order valence-corrected chi connectivity index (χ0v) is 15.7. The molecule has 0 aliphatic carbocycles. The van der Waals surface area contributed by atoms with E-state index >= 15 is 0 Å². The van der Waals surface area contributed by atoms with Crippen molar-refractivity contribution in [2.24, 2.45) is 0 Å². The molecule has 3 heterocycles. The van der Waals surface area contributed by atoms with Gasteiger partial charge in [0.15, 0.2) is 0 Å². The normalized spacial score (nSPS) is 17.0. The summed E-state index contributed by atoms with van der Waals surface area (Å²) in [7, 11) is 0. The first-order chi connectivity index (χ1) is 13.0. The molecule has 0 radical (unpaired) electrons. The molecule has 1 saturated heterocycles. The van der Waals surface area contributed by atoms with Crippen molar-refractivity contribution >= 4 is 16.9 Å². The Morgan fingerprint density at radius 1 is 1.22 bits per heavy atom. The van der Waals surface area contributed by atoms with Crippen LogP contribution in [0.5, 0.6) is 0 Å². The molecule has 3 aromatic rings. The van der Waals surface area contributed by atoms with Crippen LogP contribution in [0.15, 0.2) is 33.6 Å². The van der Waals surface area contributed by atoms with Crippen molar-refractivity contribution in [2.45, 2.75) is 46.2 Å². The van der Waals surface area contributed by atoms with Crippen LogP contribution in [0, 0.1) is 20.8 Å². The predicted molar refractivity (Wildman–Crippen MR) is 100 cm³/mol. The Kier molecular flexibility index (Phi) is 4.30. The van der Waals surface area contributed by atoms with Gasteiger partial charge in [0.1, 0.15) is 18.0 Å². The van der Waals surface area contributed by atoms with E-state index in [9.17, 15) is 9.59 Å². The van der Waals surface area contributed by atoms with Crippen LogP contribution in [0.3, 0.4) is 0 Å². The van der Waals surface area contributed by atoms with Gasteiger partial charge >= 0.3 is 0 Å². The van der Waals surface area contributed by atoms with E-state index in [4.69, 9.17) is 4.52 Å². The Morgan fingerprint density at radius 2 is 2.00 bits per heavy atom. The summed E-state index contributed by atoms with van der Waals surface area (Å²) in [5.74, 6) is 0.676. The van der Waals surface area contributed by atoms with Crippen LogP contribution in [-0.4, -0.2) is 32.1 Å². The van der Waals surface area contributed by atoms with Crippen LogP contribution >= 0.6 is 0 Å². The second-order valence-electron chi connectivity index (χ2n) is 7.06. The predicted octanol–water partition coefficient (Wildman–Crippen LogP) is 2.67. The number of para-hydroxylation sites is 2. The number of carbonyl (C=O) groups is 1. The SMILES string of the molecule is Cc1noc(C)c1C1CCCN1C(=O)Cn1c(=O)c(C)nc2ccccc21. The Bertz CT molecular complexity index is 1060. The van der Waals surface area contributed by atoms with Crippen LogP contribution < -0.4 is 5.56 Å². The van der Waals surface area contributed by atoms with Crippen molar-refractivity contribution < 1.29 is 9.32 Å². The van der Waals surface area contributed by atoms with E-state index in [1.54, 1.807) is 6.92 Å². The molecule has 1 aliphatic rings. The zero-order valence-electron chi connectivity index (χ0n) is 15.7. The molecule has 27 heavy (non-hydrogen) atoms. The van der Waals surface area contributed by atoms with Gasteiger partial charge in [0.05, 0.1) is 22.8 Å². The first kappa shape index (κ1) is 17.5. The summed E-state index contributed by atoms with van der Waals surface area (Å²) in [6.07, 6.45) is 1.80. The summed E-state index contributed by atoms with van der Waals surface area (Å²) in [5.41, 5.74) is 3.37. The summed E-state index contributed by atoms with van der Waals surface area (Å²) in [4.78, 5) is 32.0. The maximum Gasteiger partial charge on any atom is 0.272 e. The largest absolute Gasteiger partial charge is 0.361 e. The third-order valence-corrected chi connectivity index (χ3v) is 5.30. The van der Waals surface area contributed by atoms with Crippen LogP contribution in [0.2, 0.25) is 0 Å². The minimum atomic E-state index is -0.227. The lowest BCUT2D eigenvalue weighted by Crippen LogP contribution is -2.37. The van der Waals surface area contributed by atoms with Crippen molar-refractivity contribution in [3.8, 4) is 0 Å². The lowest BCUT2D eigenvalue weighted by atomic mass is 10.0. The second-order valence-corrected chi connectivity index (χ2v) is 7.06. The van der Waals surface area contributed by atoms with Gasteiger partial charge in [0.2, 0.25) is 5.91 Å². The van der Waals surface area contributed by atoms with Crippen LogP contribution in [0.1, 0.15) is 41.6 Å². The van der Waals surface area contributed by atoms with E-state index in [1.807, 2.05) is 43.0 Å². The highest BCUT2D eigenvalue weighted by Gasteiger charge is 2.34. The maximum atomic E-state index is 13.1. The number of likely N-dealkylation sites (tertiary alicyclic amines) is 1. The number of aryl methyl sites for hydroxylation is 3. The maximum absolute atomic E-state index is 13.1. The highest BCUT2D eigenvalue weighted by Crippen LogP contribution is 2.35. The molecule has 1 aliphatic heterocycles. The van der Waals surface area contributed by atoms with E-state index in [-0.39, 0.29) is 24.1 Å². The first-order valence-corrected chi connectivity index (χ1v) is 9.16. The summed E-state index contributed by atoms with van der Waals surface area (Å²) < 4.78 is 6.83. The summed E-state index contributed by atoms with van der Waals surface area (Å²) in [5, 5.41) is 4.03. The standard InChI is InChI=1S/C20H22N4O3/c1-12-19(14(3)27-22-12)17-9-6-10-23(17)18(25)11-24-16-8-5-4-7-15(16)21-13(2)20(24)26/h4-5,7-8,17H,6,9-11H2,1-3H3. The average Bonchev–Trinajstić information content (AvgIpc) is 3.25. The molecule has 7 nitrogen and oxygen atoms in total. The Balaban J connectivity index is 1.70. The highest BCUT2D eigenvalue weighted by molar-refractivity contribution is 5.80. The van der Waals surface area contributed by atoms with Gasteiger partial charge in [-0.05, 0) is 45.7 Å². The smallest absolute Gasteiger partial charge is 0.272 e. The number of hydrogen-bond donors (Lipinski definition) is 0. The molecule has 0 N–H and O–H groups in total. The third kappa shape index (κ3) is 2.93. The topological polar surface area (TPSA) is 81.2 Å². The molecule has 2 aromatic heterocycles. The Morgan fingerprint density at radius 3 is 2.74 bits per heavy atom. The molecule has 1 atom stereocenters. The summed E-state index contributed by atoms with van der Waals surface area (Å²) in [6, 6.07) is 7.35. The van der Waals surface area contributed by atoms with E-state index < -0.39 is 0 Å². The molecule has 1 amide bonds. The van der Waals surface area contributed by atoms with Gasteiger partial charge in [-0.15, -0.1) is 0 Å². The molecule has 1 fully saturated rings. The van der Waals surface area contributed by atoms with Crippen LogP contribution in [0.4, 0.5) is 0 Å². The average molecular weight is 366 g/mol. The molecule has 0 saturated carbocycles. The molecule has 4 rings (SSSR count). The molecule has 1 unspecified atom stereocenters. The number of aromatic nitrogens is 3. The quantitative estimate of drug-likeness (QED) is 0.712. The molecule has 0 spiro atoms. The fraction of sp³-hybridized carbons (Fsp3) is 0.400. The van der Waals surface area contributed by atoms with Gasteiger partial charge in [-0.25, -0.2) is 4.98 Å². The van der Waals surface area contributed by atoms with E-state index in [2.05, 4.69) is 10.1 Å². The minimum absolute atomic E-state index is 0.00256. The van der Waals surface area contributed by atoms with Crippen molar-refractivity contribution in [3.63, 3.8) is 0 Å². The van der Waals surface area contributed by atoms with E-state index in [0.29, 0.717) is 23.3 Å². The number of hydrogen-bond acceptors (Lipinski definition) is 5. The number of amides is 1. The minimum Gasteiger partial charge on any atom is -0.361 e. The molecule has 1 aromatic carbocycles. The summed E-state index contributed by atoms with van der Waals surface area (Å²) in [6.45, 7) is 6.13. The van der Waals surface area contributed by atoms with E-state index in [1.165, 1.54) is 4.57 Å². The van der Waals surface area contributed by atoms with Crippen molar-refractivity contribution in [1.82, 2.24) is 19.6 Å². The lowest BCUT2D eigenvalue weighted by Gasteiger charge is -2.25. The molecular weight excluding hydrogens is 344 g/mol. The fourth-order valence-electron chi connectivity index (χ4n) is 4.03. The molecule has 140 valence electrons. The van der Waals surface area contributed by atoms with Crippen LogP contribution in [0.25, 0.3) is 11.0 Å².